The van der Waals surface area contributed by atoms with E-state index in [-0.39, 0.29) is 24.3 Å². The normalized spacial score (nSPS) is 12.8. The summed E-state index contributed by atoms with van der Waals surface area (Å²) in [4.78, 5) is 14.6. The Morgan fingerprint density at radius 2 is 2.31 bits per heavy atom. The smallest absolute Gasteiger partial charge is 0.225 e. The number of carbonyl (C=O) groups excluding carboxylic acids is 1. The van der Waals surface area contributed by atoms with Crippen molar-refractivity contribution >= 4 is 5.91 Å². The Morgan fingerprint density at radius 1 is 1.56 bits per heavy atom. The molecule has 4 heteroatoms. The van der Waals surface area contributed by atoms with E-state index in [0.29, 0.717) is 6.54 Å². The Bertz CT molecular complexity index is 307. The van der Waals surface area contributed by atoms with Crippen LogP contribution in [0.5, 0.6) is 0 Å². The topological polar surface area (TPSA) is 65.1 Å². The van der Waals surface area contributed by atoms with Gasteiger partial charge in [-0.1, -0.05) is 13.8 Å². The third-order valence-electron chi connectivity index (χ3n) is 2.71. The Kier molecular flexibility index (Phi) is 5.05. The number of amides is 1. The average molecular weight is 224 g/mol. The van der Waals surface area contributed by atoms with E-state index in [0.717, 1.165) is 6.42 Å². The fourth-order valence-electron chi connectivity index (χ4n) is 1.57. The molecule has 0 bridgehead atoms. The van der Waals surface area contributed by atoms with Gasteiger partial charge in [-0.3, -0.25) is 4.79 Å². The molecule has 1 rings (SSSR count). The largest absolute Gasteiger partial charge is 0.396 e. The lowest BCUT2D eigenvalue weighted by atomic mass is 9.96. The van der Waals surface area contributed by atoms with Crippen LogP contribution in [0.15, 0.2) is 18.5 Å². The summed E-state index contributed by atoms with van der Waals surface area (Å²) in [6.07, 6.45) is 4.59. The molecule has 16 heavy (non-hydrogen) atoms. The second kappa shape index (κ2) is 6.33. The molecule has 0 radical (unpaired) electrons. The Balaban J connectivity index is 2.29. The van der Waals surface area contributed by atoms with Crippen molar-refractivity contribution < 1.29 is 9.90 Å². The second-order valence-corrected chi connectivity index (χ2v) is 4.29. The van der Waals surface area contributed by atoms with Crippen LogP contribution < -0.4 is 5.32 Å². The van der Waals surface area contributed by atoms with Gasteiger partial charge in [-0.2, -0.15) is 0 Å². The summed E-state index contributed by atoms with van der Waals surface area (Å²) < 4.78 is 0. The highest BCUT2D eigenvalue weighted by Crippen LogP contribution is 2.09. The van der Waals surface area contributed by atoms with E-state index in [1.54, 1.807) is 0 Å². The molecule has 0 aromatic carbocycles. The molecular formula is C12H20N2O2. The molecule has 1 unspecified atom stereocenters. The van der Waals surface area contributed by atoms with Gasteiger partial charge < -0.3 is 15.4 Å². The standard InChI is InChI=1S/C12H20N2O2/c1-9(2)11(8-15)12(16)14-6-4-10-3-5-13-7-10/h3,5,7,9,11,13,15H,4,6,8H2,1-2H3,(H,14,16). The van der Waals surface area contributed by atoms with Crippen LogP contribution in [0.2, 0.25) is 0 Å². The molecule has 1 heterocycles. The molecule has 0 aliphatic rings. The van der Waals surface area contributed by atoms with Crippen molar-refractivity contribution in [2.24, 2.45) is 11.8 Å². The highest BCUT2D eigenvalue weighted by atomic mass is 16.3. The summed E-state index contributed by atoms with van der Waals surface area (Å²) in [5, 5.41) is 11.9. The van der Waals surface area contributed by atoms with E-state index in [1.807, 2.05) is 32.3 Å². The molecule has 4 nitrogen and oxygen atoms in total. The minimum absolute atomic E-state index is 0.0620. The van der Waals surface area contributed by atoms with Gasteiger partial charge in [-0.15, -0.1) is 0 Å². The number of aliphatic hydroxyl groups excluding tert-OH is 1. The van der Waals surface area contributed by atoms with Crippen LogP contribution in [-0.4, -0.2) is 29.1 Å². The number of aliphatic hydroxyl groups is 1. The van der Waals surface area contributed by atoms with Crippen molar-refractivity contribution in [3.63, 3.8) is 0 Å². The summed E-state index contributed by atoms with van der Waals surface area (Å²) >= 11 is 0. The SMILES string of the molecule is CC(C)C(CO)C(=O)NCCc1cc[nH]c1. The van der Waals surface area contributed by atoms with E-state index >= 15 is 0 Å². The maximum absolute atomic E-state index is 11.7. The zero-order valence-electron chi connectivity index (χ0n) is 9.86. The monoisotopic (exact) mass is 224 g/mol. The van der Waals surface area contributed by atoms with Crippen LogP contribution in [-0.2, 0) is 11.2 Å². The molecule has 1 aromatic rings. The summed E-state index contributed by atoms with van der Waals surface area (Å²) in [6, 6.07) is 1.98. The number of aromatic nitrogens is 1. The lowest BCUT2D eigenvalue weighted by Crippen LogP contribution is -2.36. The molecule has 1 amide bonds. The van der Waals surface area contributed by atoms with Gasteiger partial charge in [0.15, 0.2) is 0 Å². The number of rotatable bonds is 6. The first kappa shape index (κ1) is 12.8. The van der Waals surface area contributed by atoms with Crippen molar-refractivity contribution in [3.8, 4) is 0 Å². The van der Waals surface area contributed by atoms with Crippen molar-refractivity contribution in [1.82, 2.24) is 10.3 Å². The fourth-order valence-corrected chi connectivity index (χ4v) is 1.57. The molecule has 0 saturated carbocycles. The Hall–Kier alpha value is -1.29. The van der Waals surface area contributed by atoms with Crippen LogP contribution in [0.1, 0.15) is 19.4 Å². The third kappa shape index (κ3) is 3.70. The fraction of sp³-hybridized carbons (Fsp3) is 0.583. The molecular weight excluding hydrogens is 204 g/mol. The van der Waals surface area contributed by atoms with E-state index in [2.05, 4.69) is 10.3 Å². The highest BCUT2D eigenvalue weighted by Gasteiger charge is 2.20. The molecule has 1 atom stereocenters. The number of hydrogen-bond donors (Lipinski definition) is 3. The van der Waals surface area contributed by atoms with Crippen LogP contribution in [0, 0.1) is 11.8 Å². The average Bonchev–Trinajstić information content (AvgIpc) is 2.71. The highest BCUT2D eigenvalue weighted by molar-refractivity contribution is 5.78. The van der Waals surface area contributed by atoms with Gasteiger partial charge in [0.2, 0.25) is 5.91 Å². The van der Waals surface area contributed by atoms with Crippen LogP contribution >= 0.6 is 0 Å². The number of nitrogens with one attached hydrogen (secondary N) is 2. The molecule has 1 aromatic heterocycles. The van der Waals surface area contributed by atoms with Gasteiger partial charge in [0.05, 0.1) is 12.5 Å². The summed E-state index contributed by atoms with van der Waals surface area (Å²) in [7, 11) is 0. The van der Waals surface area contributed by atoms with Crippen molar-refractivity contribution in [3.05, 3.63) is 24.0 Å². The van der Waals surface area contributed by atoms with Crippen LogP contribution in [0.25, 0.3) is 0 Å². The molecule has 3 N–H and O–H groups in total. The van der Waals surface area contributed by atoms with Gasteiger partial charge in [-0.25, -0.2) is 0 Å². The maximum atomic E-state index is 11.7. The molecule has 0 aliphatic carbocycles. The first-order valence-electron chi connectivity index (χ1n) is 5.65. The van der Waals surface area contributed by atoms with Gasteiger partial charge in [0, 0.05) is 18.9 Å². The van der Waals surface area contributed by atoms with Crippen molar-refractivity contribution in [1.29, 1.82) is 0 Å². The van der Waals surface area contributed by atoms with Crippen LogP contribution in [0.3, 0.4) is 0 Å². The minimum atomic E-state index is -0.300. The predicted octanol–water partition coefficient (Wildman–Crippen LogP) is 0.938. The number of hydrogen-bond acceptors (Lipinski definition) is 2. The third-order valence-corrected chi connectivity index (χ3v) is 2.71. The minimum Gasteiger partial charge on any atom is -0.396 e. The lowest BCUT2D eigenvalue weighted by molar-refractivity contribution is -0.127. The number of H-pyrrole nitrogens is 1. The van der Waals surface area contributed by atoms with Gasteiger partial charge in [0.25, 0.3) is 0 Å². The molecule has 90 valence electrons. The van der Waals surface area contributed by atoms with E-state index < -0.39 is 0 Å². The Morgan fingerprint density at radius 3 is 2.81 bits per heavy atom. The van der Waals surface area contributed by atoms with E-state index in [1.165, 1.54) is 5.56 Å². The quantitative estimate of drug-likeness (QED) is 0.673. The number of carbonyl (C=O) groups is 1. The van der Waals surface area contributed by atoms with E-state index in [4.69, 9.17) is 5.11 Å². The summed E-state index contributed by atoms with van der Waals surface area (Å²) in [5.41, 5.74) is 1.17. The predicted molar refractivity (Wildman–Crippen MR) is 62.9 cm³/mol. The maximum Gasteiger partial charge on any atom is 0.225 e. The van der Waals surface area contributed by atoms with Crippen molar-refractivity contribution in [2.45, 2.75) is 20.3 Å². The first-order valence-corrected chi connectivity index (χ1v) is 5.65. The molecule has 0 fully saturated rings. The van der Waals surface area contributed by atoms with Crippen LogP contribution in [0.4, 0.5) is 0 Å². The summed E-state index contributed by atoms with van der Waals surface area (Å²) in [5.74, 6) is -0.198. The number of aromatic amines is 1. The first-order chi connectivity index (χ1) is 7.65. The zero-order valence-corrected chi connectivity index (χ0v) is 9.86. The molecule has 0 saturated heterocycles. The molecule has 0 aliphatic heterocycles. The lowest BCUT2D eigenvalue weighted by Gasteiger charge is -2.17. The summed E-state index contributed by atoms with van der Waals surface area (Å²) in [6.45, 7) is 4.40. The van der Waals surface area contributed by atoms with Crippen molar-refractivity contribution in [2.75, 3.05) is 13.2 Å². The molecule has 0 spiro atoms. The van der Waals surface area contributed by atoms with Gasteiger partial charge in [0.1, 0.15) is 0 Å². The second-order valence-electron chi connectivity index (χ2n) is 4.29. The zero-order chi connectivity index (χ0) is 12.0. The van der Waals surface area contributed by atoms with Gasteiger partial charge in [-0.05, 0) is 24.0 Å². The van der Waals surface area contributed by atoms with E-state index in [9.17, 15) is 4.79 Å². The van der Waals surface area contributed by atoms with Gasteiger partial charge >= 0.3 is 0 Å². The Labute approximate surface area is 96.1 Å².